The number of hydrogen-bond acceptors (Lipinski definition) is 2. The van der Waals surface area contributed by atoms with Gasteiger partial charge in [0.15, 0.2) is 6.54 Å². The molecule has 2 N–H and O–H groups in total. The summed E-state index contributed by atoms with van der Waals surface area (Å²) >= 11 is 12.3. The van der Waals surface area contributed by atoms with E-state index in [1.54, 1.807) is 35.2 Å². The average molecular weight is 423 g/mol. The van der Waals surface area contributed by atoms with Gasteiger partial charge in [0.1, 0.15) is 6.54 Å². The molecule has 0 heterocycles. The number of carbonyl (C=O) groups is 2. The number of nitrogens with zero attached hydrogens (tertiary/aromatic N) is 1. The number of nitrogens with one attached hydrogen (secondary N) is 2. The van der Waals surface area contributed by atoms with Crippen molar-refractivity contribution >= 4 is 40.7 Å². The molecule has 0 saturated carbocycles. The lowest BCUT2D eigenvalue weighted by atomic mass is 10.1. The second-order valence-electron chi connectivity index (χ2n) is 6.63. The van der Waals surface area contributed by atoms with Gasteiger partial charge in [-0.15, -0.1) is 0 Å². The Morgan fingerprint density at radius 2 is 1.75 bits per heavy atom. The molecule has 0 fully saturated rings. The lowest BCUT2D eigenvalue weighted by Crippen LogP contribution is -3.08. The molecule has 0 bridgehead atoms. The number of quaternary nitrogens is 1. The molecule has 5 nitrogen and oxygen atoms in total. The molecule has 2 aromatic rings. The molecule has 0 aliphatic carbocycles. The Kier molecular flexibility index (Phi) is 8.30. The predicted octanol–water partition coefficient (Wildman–Crippen LogP) is 3.13. The molecular weight excluding hydrogens is 397 g/mol. The first-order valence-electron chi connectivity index (χ1n) is 9.29. The third-order valence-electron chi connectivity index (χ3n) is 4.43. The van der Waals surface area contributed by atoms with Gasteiger partial charge in [-0.3, -0.25) is 9.59 Å². The van der Waals surface area contributed by atoms with Crippen LogP contribution in [0.3, 0.4) is 0 Å². The Morgan fingerprint density at radius 1 is 1.07 bits per heavy atom. The van der Waals surface area contributed by atoms with Gasteiger partial charge in [0.2, 0.25) is 0 Å². The maximum atomic E-state index is 12.5. The topological polar surface area (TPSA) is 53.9 Å². The number of benzene rings is 2. The van der Waals surface area contributed by atoms with Crippen LogP contribution in [-0.4, -0.2) is 43.4 Å². The zero-order chi connectivity index (χ0) is 20.7. The van der Waals surface area contributed by atoms with Gasteiger partial charge >= 0.3 is 0 Å². The molecule has 7 heteroatoms. The third kappa shape index (κ3) is 5.96. The molecule has 2 aromatic carbocycles. The Balaban J connectivity index is 1.98. The van der Waals surface area contributed by atoms with Crippen molar-refractivity contribution in [2.45, 2.75) is 20.4 Å². The predicted molar refractivity (Wildman–Crippen MR) is 114 cm³/mol. The Bertz CT molecular complexity index is 838. The second-order valence-corrected chi connectivity index (χ2v) is 7.42. The van der Waals surface area contributed by atoms with Crippen molar-refractivity contribution in [1.29, 1.82) is 0 Å². The van der Waals surface area contributed by atoms with Crippen LogP contribution in [0.5, 0.6) is 0 Å². The highest BCUT2D eigenvalue weighted by molar-refractivity contribution is 6.42. The quantitative estimate of drug-likeness (QED) is 0.686. The van der Waals surface area contributed by atoms with E-state index in [4.69, 9.17) is 23.2 Å². The molecule has 0 saturated heterocycles. The lowest BCUT2D eigenvalue weighted by molar-refractivity contribution is -0.885. The largest absolute Gasteiger partial charge is 0.339 e. The van der Waals surface area contributed by atoms with Crippen molar-refractivity contribution in [1.82, 2.24) is 4.90 Å². The molecule has 1 unspecified atom stereocenters. The van der Waals surface area contributed by atoms with Crippen molar-refractivity contribution in [2.75, 3.05) is 32.0 Å². The summed E-state index contributed by atoms with van der Waals surface area (Å²) in [7, 11) is 1.91. The van der Waals surface area contributed by atoms with Crippen LogP contribution in [-0.2, 0) is 11.3 Å². The number of likely N-dealkylation sites (N-methyl/N-ethyl adjacent to an activating group) is 1. The number of anilines is 1. The summed E-state index contributed by atoms with van der Waals surface area (Å²) in [5, 5.41) is 3.89. The summed E-state index contributed by atoms with van der Waals surface area (Å²) in [6.07, 6.45) is 0. The smallest absolute Gasteiger partial charge is 0.279 e. The summed E-state index contributed by atoms with van der Waals surface area (Å²) in [6, 6.07) is 12.5. The van der Waals surface area contributed by atoms with Crippen LogP contribution in [0, 0.1) is 0 Å². The van der Waals surface area contributed by atoms with Crippen LogP contribution >= 0.6 is 23.2 Å². The van der Waals surface area contributed by atoms with Gasteiger partial charge in [-0.2, -0.15) is 0 Å². The fourth-order valence-corrected chi connectivity index (χ4v) is 3.36. The normalized spacial score (nSPS) is 11.8. The van der Waals surface area contributed by atoms with Crippen molar-refractivity contribution in [3.63, 3.8) is 0 Å². The van der Waals surface area contributed by atoms with Crippen molar-refractivity contribution in [3.8, 4) is 0 Å². The zero-order valence-electron chi connectivity index (χ0n) is 16.4. The minimum Gasteiger partial charge on any atom is -0.339 e. The monoisotopic (exact) mass is 422 g/mol. The number of carbonyl (C=O) groups excluding carboxylic acids is 2. The number of amides is 2. The second kappa shape index (κ2) is 10.5. The van der Waals surface area contributed by atoms with Gasteiger partial charge in [-0.05, 0) is 38.1 Å². The van der Waals surface area contributed by atoms with Crippen molar-refractivity contribution in [2.24, 2.45) is 0 Å². The molecule has 150 valence electrons. The van der Waals surface area contributed by atoms with E-state index in [2.05, 4.69) is 5.32 Å². The summed E-state index contributed by atoms with van der Waals surface area (Å²) in [5.41, 5.74) is 2.07. The highest BCUT2D eigenvalue weighted by atomic mass is 35.5. The molecule has 0 aliphatic heterocycles. The SMILES string of the molecule is CCN(CC)C(=O)c1cccc(NC(=O)C[NH+](C)Cc2cccc(Cl)c2Cl)c1. The molecule has 1 atom stereocenters. The van der Waals surface area contributed by atoms with E-state index in [-0.39, 0.29) is 18.4 Å². The molecule has 0 aliphatic rings. The first kappa shape index (κ1) is 22.2. The van der Waals surface area contributed by atoms with Gasteiger partial charge in [-0.25, -0.2) is 0 Å². The molecular formula is C21H26Cl2N3O2+. The summed E-state index contributed by atoms with van der Waals surface area (Å²) in [4.78, 5) is 27.6. The zero-order valence-corrected chi connectivity index (χ0v) is 17.9. The first-order valence-corrected chi connectivity index (χ1v) is 10.0. The standard InChI is InChI=1S/C21H25Cl2N3O2/c1-4-26(5-2)21(28)15-8-6-10-17(12-15)24-19(27)14-25(3)13-16-9-7-11-18(22)20(16)23/h6-12H,4-5,13-14H2,1-3H3,(H,24,27)/p+1. The van der Waals surface area contributed by atoms with Gasteiger partial charge in [0.25, 0.3) is 11.8 Å². The third-order valence-corrected chi connectivity index (χ3v) is 5.29. The highest BCUT2D eigenvalue weighted by Crippen LogP contribution is 2.24. The van der Waals surface area contributed by atoms with E-state index < -0.39 is 0 Å². The van der Waals surface area contributed by atoms with Crippen LogP contribution in [0.4, 0.5) is 5.69 Å². The highest BCUT2D eigenvalue weighted by Gasteiger charge is 2.16. The van der Waals surface area contributed by atoms with Crippen molar-refractivity contribution < 1.29 is 14.5 Å². The van der Waals surface area contributed by atoms with E-state index in [0.717, 1.165) is 10.5 Å². The summed E-state index contributed by atoms with van der Waals surface area (Å²) in [5.74, 6) is -0.178. The van der Waals surface area contributed by atoms with Gasteiger partial charge < -0.3 is 15.1 Å². The molecule has 0 spiro atoms. The van der Waals surface area contributed by atoms with Gasteiger partial charge in [0.05, 0.1) is 17.1 Å². The van der Waals surface area contributed by atoms with E-state index in [1.807, 2.05) is 33.0 Å². The Morgan fingerprint density at radius 3 is 2.43 bits per heavy atom. The first-order chi connectivity index (χ1) is 13.3. The van der Waals surface area contributed by atoms with Crippen LogP contribution < -0.4 is 10.2 Å². The Hall–Kier alpha value is -2.08. The molecule has 2 amide bonds. The van der Waals surface area contributed by atoms with Crippen LogP contribution in [0.15, 0.2) is 42.5 Å². The van der Waals surface area contributed by atoms with E-state index in [1.165, 1.54) is 0 Å². The van der Waals surface area contributed by atoms with Crippen LogP contribution in [0.25, 0.3) is 0 Å². The molecule has 28 heavy (non-hydrogen) atoms. The number of hydrogen-bond donors (Lipinski definition) is 2. The van der Waals surface area contributed by atoms with E-state index in [9.17, 15) is 9.59 Å². The maximum Gasteiger partial charge on any atom is 0.279 e. The number of rotatable bonds is 8. The molecule has 0 aromatic heterocycles. The van der Waals surface area contributed by atoms with Crippen LogP contribution in [0.1, 0.15) is 29.8 Å². The van der Waals surface area contributed by atoms with Gasteiger partial charge in [-0.1, -0.05) is 41.4 Å². The summed E-state index contributed by atoms with van der Waals surface area (Å²) < 4.78 is 0. The fraction of sp³-hybridized carbons (Fsp3) is 0.333. The minimum absolute atomic E-state index is 0.0422. The van der Waals surface area contributed by atoms with Crippen molar-refractivity contribution in [3.05, 3.63) is 63.6 Å². The van der Waals surface area contributed by atoms with E-state index in [0.29, 0.717) is 40.9 Å². The Labute approximate surface area is 176 Å². The molecule has 0 radical (unpaired) electrons. The minimum atomic E-state index is -0.136. The average Bonchev–Trinajstić information content (AvgIpc) is 2.66. The van der Waals surface area contributed by atoms with E-state index >= 15 is 0 Å². The van der Waals surface area contributed by atoms with Gasteiger partial charge in [0, 0.05) is 29.9 Å². The lowest BCUT2D eigenvalue weighted by Gasteiger charge is -2.19. The fourth-order valence-electron chi connectivity index (χ4n) is 2.98. The number of halogens is 2. The summed E-state index contributed by atoms with van der Waals surface area (Å²) in [6.45, 7) is 6.01. The molecule has 2 rings (SSSR count). The maximum absolute atomic E-state index is 12.5. The van der Waals surface area contributed by atoms with Crippen LogP contribution in [0.2, 0.25) is 10.0 Å².